The van der Waals surface area contributed by atoms with E-state index in [0.29, 0.717) is 18.4 Å². The number of rotatable bonds is 2. The lowest BCUT2D eigenvalue weighted by atomic mass is 9.52. The van der Waals surface area contributed by atoms with E-state index in [1.165, 1.54) is 0 Å². The first kappa shape index (κ1) is 14.3. The molecule has 0 bridgehead atoms. The fourth-order valence-electron chi connectivity index (χ4n) is 3.72. The summed E-state index contributed by atoms with van der Waals surface area (Å²) in [6, 6.07) is 0. The number of fused-ring (bicyclic) bond motifs is 1. The third kappa shape index (κ3) is 1.94. The van der Waals surface area contributed by atoms with Gasteiger partial charge in [0.15, 0.2) is 0 Å². The van der Waals surface area contributed by atoms with Gasteiger partial charge in [0.2, 0.25) is 0 Å². The fourth-order valence-corrected chi connectivity index (χ4v) is 3.72. The maximum Gasteiger partial charge on any atom is 0.331 e. The molecule has 0 saturated heterocycles. The van der Waals surface area contributed by atoms with Gasteiger partial charge in [-0.2, -0.15) is 0 Å². The van der Waals surface area contributed by atoms with E-state index in [1.54, 1.807) is 0 Å². The number of aliphatic carboxylic acids is 1. The highest BCUT2D eigenvalue weighted by Gasteiger charge is 2.58. The maximum absolute atomic E-state index is 11.0. The Bertz CT molecular complexity index is 441. The molecule has 2 saturated carbocycles. The van der Waals surface area contributed by atoms with Crippen molar-refractivity contribution in [1.82, 2.24) is 0 Å². The smallest absolute Gasteiger partial charge is 0.331 e. The minimum absolute atomic E-state index is 0.0629. The molecule has 0 unspecified atom stereocenters. The van der Waals surface area contributed by atoms with Gasteiger partial charge in [-0.15, -0.1) is 0 Å². The molecule has 0 aromatic carbocycles. The molecule has 2 aliphatic rings. The van der Waals surface area contributed by atoms with E-state index >= 15 is 0 Å². The molecular formula is C15H22O4. The van der Waals surface area contributed by atoms with Gasteiger partial charge in [0.05, 0.1) is 11.7 Å². The number of carbonyl (C=O) groups is 1. The Labute approximate surface area is 113 Å². The Morgan fingerprint density at radius 2 is 2.11 bits per heavy atom. The molecule has 3 N–H and O–H groups in total. The zero-order valence-electron chi connectivity index (χ0n) is 11.4. The monoisotopic (exact) mass is 266 g/mol. The lowest BCUT2D eigenvalue weighted by molar-refractivity contribution is -0.169. The van der Waals surface area contributed by atoms with Crippen molar-refractivity contribution in [2.24, 2.45) is 11.3 Å². The third-order valence-corrected chi connectivity index (χ3v) is 5.26. The van der Waals surface area contributed by atoms with Crippen LogP contribution in [0.1, 0.15) is 39.0 Å². The first-order valence-electron chi connectivity index (χ1n) is 6.73. The van der Waals surface area contributed by atoms with Gasteiger partial charge < -0.3 is 15.3 Å². The van der Waals surface area contributed by atoms with Crippen LogP contribution in [0.3, 0.4) is 0 Å². The molecular weight excluding hydrogens is 244 g/mol. The molecule has 4 atom stereocenters. The second-order valence-electron chi connectivity index (χ2n) is 6.22. The van der Waals surface area contributed by atoms with Crippen LogP contribution in [-0.2, 0) is 4.79 Å². The Morgan fingerprint density at radius 3 is 2.68 bits per heavy atom. The number of aliphatic hydroxyl groups excluding tert-OH is 1. The van der Waals surface area contributed by atoms with Crippen molar-refractivity contribution < 1.29 is 20.1 Å². The van der Waals surface area contributed by atoms with Crippen LogP contribution < -0.4 is 0 Å². The zero-order chi connectivity index (χ0) is 14.4. The van der Waals surface area contributed by atoms with E-state index < -0.39 is 29.0 Å². The third-order valence-electron chi connectivity index (χ3n) is 5.26. The Balaban J connectivity index is 2.36. The van der Waals surface area contributed by atoms with Crippen LogP contribution in [0.2, 0.25) is 0 Å². The second-order valence-corrected chi connectivity index (χ2v) is 6.22. The Kier molecular flexibility index (Phi) is 3.35. The quantitative estimate of drug-likeness (QED) is 0.527. The van der Waals surface area contributed by atoms with Gasteiger partial charge in [-0.1, -0.05) is 20.1 Å². The predicted octanol–water partition coefficient (Wildman–Crippen LogP) is 1.88. The number of carboxylic acids is 1. The molecule has 19 heavy (non-hydrogen) atoms. The van der Waals surface area contributed by atoms with Crippen molar-refractivity contribution in [3.63, 3.8) is 0 Å². The molecule has 4 heteroatoms. The van der Waals surface area contributed by atoms with Crippen LogP contribution in [0, 0.1) is 11.3 Å². The second kappa shape index (κ2) is 4.46. The maximum atomic E-state index is 11.0. The van der Waals surface area contributed by atoms with Gasteiger partial charge >= 0.3 is 5.97 Å². The number of hydrogen-bond donors (Lipinski definition) is 3. The topological polar surface area (TPSA) is 77.8 Å². The summed E-state index contributed by atoms with van der Waals surface area (Å²) in [6.07, 6.45) is 2.27. The first-order chi connectivity index (χ1) is 8.72. The highest BCUT2D eigenvalue weighted by atomic mass is 16.4. The number of aliphatic hydroxyl groups is 2. The molecule has 0 aromatic heterocycles. The summed E-state index contributed by atoms with van der Waals surface area (Å²) >= 11 is 0. The minimum atomic E-state index is -1.19. The first-order valence-corrected chi connectivity index (χ1v) is 6.73. The van der Waals surface area contributed by atoms with E-state index in [2.05, 4.69) is 13.2 Å². The summed E-state index contributed by atoms with van der Waals surface area (Å²) in [6.45, 7) is 9.40. The highest BCUT2D eigenvalue weighted by molar-refractivity contribution is 5.86. The van der Waals surface area contributed by atoms with Crippen molar-refractivity contribution in [3.05, 3.63) is 24.3 Å². The van der Waals surface area contributed by atoms with Crippen LogP contribution in [-0.4, -0.2) is 33.0 Å². The number of hydrogen-bond acceptors (Lipinski definition) is 3. The molecule has 2 aliphatic carbocycles. The molecule has 0 heterocycles. The molecule has 0 aromatic rings. The van der Waals surface area contributed by atoms with E-state index in [1.807, 2.05) is 6.92 Å². The minimum Gasteiger partial charge on any atom is -0.478 e. The molecule has 2 rings (SSSR count). The Morgan fingerprint density at radius 1 is 1.47 bits per heavy atom. The van der Waals surface area contributed by atoms with E-state index in [-0.39, 0.29) is 5.57 Å². The van der Waals surface area contributed by atoms with Crippen LogP contribution in [0.4, 0.5) is 0 Å². The molecule has 2 fully saturated rings. The largest absolute Gasteiger partial charge is 0.478 e. The van der Waals surface area contributed by atoms with Crippen molar-refractivity contribution in [2.45, 2.75) is 50.7 Å². The molecule has 0 spiro atoms. The average Bonchev–Trinajstić information content (AvgIpc) is 2.33. The summed E-state index contributed by atoms with van der Waals surface area (Å²) in [5.41, 5.74) is -1.04. The van der Waals surface area contributed by atoms with Gasteiger partial charge in [-0.05, 0) is 43.6 Å². The number of carboxylic acid groups (broad SMARTS) is 1. The molecule has 4 nitrogen and oxygen atoms in total. The van der Waals surface area contributed by atoms with E-state index in [4.69, 9.17) is 5.11 Å². The van der Waals surface area contributed by atoms with Crippen molar-refractivity contribution in [1.29, 1.82) is 0 Å². The fraction of sp³-hybridized carbons (Fsp3) is 0.667. The van der Waals surface area contributed by atoms with Gasteiger partial charge in [0.1, 0.15) is 0 Å². The molecule has 0 radical (unpaired) electrons. The highest BCUT2D eigenvalue weighted by Crippen LogP contribution is 2.56. The lowest BCUT2D eigenvalue weighted by Crippen LogP contribution is -2.61. The molecule has 0 amide bonds. The van der Waals surface area contributed by atoms with E-state index in [0.717, 1.165) is 19.3 Å². The van der Waals surface area contributed by atoms with Crippen molar-refractivity contribution >= 4 is 5.97 Å². The SMILES string of the molecule is C=C(C(=O)O)[C@@H]1C[C@H](O)[C@@]2(C)CCCC(=C)[C@]2(O)C1. The van der Waals surface area contributed by atoms with Gasteiger partial charge in [0.25, 0.3) is 0 Å². The normalized spacial score (nSPS) is 42.6. The summed E-state index contributed by atoms with van der Waals surface area (Å²) in [7, 11) is 0. The lowest BCUT2D eigenvalue weighted by Gasteiger charge is -2.57. The van der Waals surface area contributed by atoms with Crippen molar-refractivity contribution in [3.8, 4) is 0 Å². The summed E-state index contributed by atoms with van der Waals surface area (Å²) < 4.78 is 0. The van der Waals surface area contributed by atoms with Gasteiger partial charge in [-0.25, -0.2) is 4.79 Å². The summed E-state index contributed by atoms with van der Waals surface area (Å²) in [4.78, 5) is 11.0. The standard InChI is InChI=1S/C15H22O4/c1-9-5-4-6-14(3)12(16)7-11(8-15(9,14)19)10(2)13(17)18/h11-12,16,19H,1-2,4-8H2,3H3,(H,17,18)/t11-,12+,14-,15-/m1/s1. The molecule has 106 valence electrons. The van der Waals surface area contributed by atoms with Crippen LogP contribution in [0.25, 0.3) is 0 Å². The van der Waals surface area contributed by atoms with Crippen molar-refractivity contribution in [2.75, 3.05) is 0 Å². The average molecular weight is 266 g/mol. The van der Waals surface area contributed by atoms with Crippen LogP contribution >= 0.6 is 0 Å². The Hall–Kier alpha value is -1.13. The predicted molar refractivity (Wildman–Crippen MR) is 71.6 cm³/mol. The van der Waals surface area contributed by atoms with Crippen LogP contribution in [0.5, 0.6) is 0 Å². The van der Waals surface area contributed by atoms with Crippen LogP contribution in [0.15, 0.2) is 24.3 Å². The van der Waals surface area contributed by atoms with E-state index in [9.17, 15) is 15.0 Å². The summed E-state index contributed by atoms with van der Waals surface area (Å²) in [5, 5.41) is 30.5. The van der Waals surface area contributed by atoms with Gasteiger partial charge in [-0.3, -0.25) is 0 Å². The summed E-state index contributed by atoms with van der Waals surface area (Å²) in [5.74, 6) is -1.47. The van der Waals surface area contributed by atoms with Gasteiger partial charge in [0, 0.05) is 11.0 Å². The zero-order valence-corrected chi connectivity index (χ0v) is 11.4. The molecule has 0 aliphatic heterocycles.